The molecule has 2 aromatic rings. The first kappa shape index (κ1) is 18.0. The lowest BCUT2D eigenvalue weighted by Crippen LogP contribution is -2.32. The summed E-state index contributed by atoms with van der Waals surface area (Å²) in [5.41, 5.74) is 2.63. The summed E-state index contributed by atoms with van der Waals surface area (Å²) < 4.78 is 0. The van der Waals surface area contributed by atoms with Crippen molar-refractivity contribution in [1.29, 1.82) is 0 Å². The fourth-order valence-electron chi connectivity index (χ4n) is 4.22. The Morgan fingerprint density at radius 2 is 1.89 bits per heavy atom. The van der Waals surface area contributed by atoms with E-state index in [0.717, 1.165) is 50.7 Å². The van der Waals surface area contributed by atoms with Crippen LogP contribution in [-0.4, -0.2) is 47.4 Å². The number of rotatable bonds is 6. The van der Waals surface area contributed by atoms with Gasteiger partial charge in [-0.3, -0.25) is 0 Å². The van der Waals surface area contributed by atoms with Gasteiger partial charge in [-0.05, 0) is 43.7 Å². The van der Waals surface area contributed by atoms with E-state index in [1.54, 1.807) is 6.33 Å². The van der Waals surface area contributed by atoms with Crippen molar-refractivity contribution in [2.75, 3.05) is 41.4 Å². The highest BCUT2D eigenvalue weighted by molar-refractivity contribution is 5.56. The lowest BCUT2D eigenvalue weighted by atomic mass is 10.1. The second kappa shape index (κ2) is 8.57. The molecule has 4 rings (SSSR count). The van der Waals surface area contributed by atoms with Crippen molar-refractivity contribution in [3.05, 3.63) is 42.2 Å². The monoisotopic (exact) mass is 367 g/mol. The predicted molar refractivity (Wildman–Crippen MR) is 109 cm³/mol. The molecule has 0 amide bonds. The van der Waals surface area contributed by atoms with Crippen molar-refractivity contribution in [3.8, 4) is 0 Å². The minimum Gasteiger partial charge on any atom is -0.394 e. The summed E-state index contributed by atoms with van der Waals surface area (Å²) in [5.74, 6) is 1.73. The number of aromatic nitrogens is 2. The summed E-state index contributed by atoms with van der Waals surface area (Å²) in [6.45, 7) is 4.15. The highest BCUT2D eigenvalue weighted by Gasteiger charge is 2.25. The fraction of sp³-hybridized carbons (Fsp3) is 0.524. The van der Waals surface area contributed by atoms with E-state index in [4.69, 9.17) is 0 Å². The molecule has 2 aliphatic rings. The number of aliphatic hydroxyl groups excluding tert-OH is 1. The molecule has 0 aliphatic carbocycles. The zero-order chi connectivity index (χ0) is 18.5. The van der Waals surface area contributed by atoms with Gasteiger partial charge in [0.2, 0.25) is 0 Å². The molecule has 6 nitrogen and oxygen atoms in total. The molecule has 144 valence electrons. The van der Waals surface area contributed by atoms with Crippen LogP contribution in [0.4, 0.5) is 17.3 Å². The Hall–Kier alpha value is -2.34. The predicted octanol–water partition coefficient (Wildman–Crippen LogP) is 3.04. The highest BCUT2D eigenvalue weighted by Crippen LogP contribution is 2.27. The summed E-state index contributed by atoms with van der Waals surface area (Å²) in [4.78, 5) is 13.5. The fourth-order valence-corrected chi connectivity index (χ4v) is 4.22. The zero-order valence-electron chi connectivity index (χ0n) is 15.8. The van der Waals surface area contributed by atoms with Gasteiger partial charge in [0.1, 0.15) is 18.0 Å². The average Bonchev–Trinajstić information content (AvgIpc) is 3.22. The van der Waals surface area contributed by atoms with Crippen LogP contribution in [-0.2, 0) is 6.54 Å². The van der Waals surface area contributed by atoms with Crippen LogP contribution in [0.15, 0.2) is 36.7 Å². The van der Waals surface area contributed by atoms with Crippen molar-refractivity contribution in [3.63, 3.8) is 0 Å². The number of benzene rings is 1. The molecule has 0 bridgehead atoms. The van der Waals surface area contributed by atoms with Gasteiger partial charge in [0.15, 0.2) is 0 Å². The Morgan fingerprint density at radius 1 is 1.04 bits per heavy atom. The van der Waals surface area contributed by atoms with Crippen molar-refractivity contribution < 1.29 is 5.11 Å². The Balaban J connectivity index is 1.46. The summed E-state index contributed by atoms with van der Waals surface area (Å²) in [5, 5.41) is 13.0. The molecule has 1 aromatic heterocycles. The molecule has 0 spiro atoms. The molecule has 27 heavy (non-hydrogen) atoms. The smallest absolute Gasteiger partial charge is 0.134 e. The molecule has 2 N–H and O–H groups in total. The standard InChI is InChI=1S/C21H29N5O/c27-15-18-8-6-12-26(18)21-13-20(23-16-24-21)22-14-17-7-2-3-9-19(17)25-10-4-1-5-11-25/h2-3,7,9,13,16,18,27H,1,4-6,8,10-12,14-15H2,(H,22,23,24). The van der Waals surface area contributed by atoms with E-state index in [1.165, 1.54) is 30.5 Å². The van der Waals surface area contributed by atoms with Gasteiger partial charge in [-0.15, -0.1) is 0 Å². The van der Waals surface area contributed by atoms with Gasteiger partial charge < -0.3 is 20.2 Å². The van der Waals surface area contributed by atoms with Gasteiger partial charge in [0, 0.05) is 37.9 Å². The maximum absolute atomic E-state index is 9.57. The lowest BCUT2D eigenvalue weighted by Gasteiger charge is -2.30. The van der Waals surface area contributed by atoms with E-state index in [0.29, 0.717) is 0 Å². The molecule has 2 aliphatic heterocycles. The maximum atomic E-state index is 9.57. The number of nitrogens with zero attached hydrogens (tertiary/aromatic N) is 4. The van der Waals surface area contributed by atoms with Crippen LogP contribution >= 0.6 is 0 Å². The van der Waals surface area contributed by atoms with Gasteiger partial charge in [-0.1, -0.05) is 18.2 Å². The molecule has 2 saturated heterocycles. The first-order chi connectivity index (χ1) is 13.3. The quantitative estimate of drug-likeness (QED) is 0.818. The van der Waals surface area contributed by atoms with Crippen LogP contribution in [0.2, 0.25) is 0 Å². The van der Waals surface area contributed by atoms with Gasteiger partial charge >= 0.3 is 0 Å². The Morgan fingerprint density at radius 3 is 2.74 bits per heavy atom. The number of anilines is 3. The molecule has 6 heteroatoms. The van der Waals surface area contributed by atoms with Crippen LogP contribution in [0.1, 0.15) is 37.7 Å². The maximum Gasteiger partial charge on any atom is 0.134 e. The first-order valence-corrected chi connectivity index (χ1v) is 10.1. The SMILES string of the molecule is OCC1CCCN1c1cc(NCc2ccccc2N2CCCCC2)ncn1. The number of hydrogen-bond donors (Lipinski definition) is 2. The first-order valence-electron chi connectivity index (χ1n) is 10.1. The third-order valence-electron chi connectivity index (χ3n) is 5.68. The Kier molecular flexibility index (Phi) is 5.72. The number of piperidine rings is 1. The van der Waals surface area contributed by atoms with Crippen molar-refractivity contribution in [2.45, 2.75) is 44.7 Å². The van der Waals surface area contributed by atoms with Crippen LogP contribution in [0.25, 0.3) is 0 Å². The molecule has 0 saturated carbocycles. The van der Waals surface area contributed by atoms with Crippen molar-refractivity contribution >= 4 is 17.3 Å². The van der Waals surface area contributed by atoms with E-state index < -0.39 is 0 Å². The van der Waals surface area contributed by atoms with Crippen LogP contribution in [0, 0.1) is 0 Å². The van der Waals surface area contributed by atoms with E-state index in [2.05, 4.69) is 49.4 Å². The van der Waals surface area contributed by atoms with E-state index in [1.807, 2.05) is 6.07 Å². The van der Waals surface area contributed by atoms with Crippen molar-refractivity contribution in [1.82, 2.24) is 9.97 Å². The molecule has 1 atom stereocenters. The van der Waals surface area contributed by atoms with Gasteiger partial charge in [0.25, 0.3) is 0 Å². The van der Waals surface area contributed by atoms with Crippen LogP contribution in [0.5, 0.6) is 0 Å². The molecular weight excluding hydrogens is 338 g/mol. The van der Waals surface area contributed by atoms with E-state index in [9.17, 15) is 5.11 Å². The molecule has 1 aromatic carbocycles. The van der Waals surface area contributed by atoms with Gasteiger partial charge in [0.05, 0.1) is 12.6 Å². The lowest BCUT2D eigenvalue weighted by molar-refractivity contribution is 0.266. The number of aliphatic hydroxyl groups is 1. The summed E-state index contributed by atoms with van der Waals surface area (Å²) in [6.07, 6.45) is 7.62. The zero-order valence-corrected chi connectivity index (χ0v) is 15.8. The second-order valence-electron chi connectivity index (χ2n) is 7.46. The molecular formula is C21H29N5O. The van der Waals surface area contributed by atoms with Crippen LogP contribution in [0.3, 0.4) is 0 Å². The average molecular weight is 367 g/mol. The molecule has 1 unspecified atom stereocenters. The summed E-state index contributed by atoms with van der Waals surface area (Å²) in [7, 11) is 0. The molecule has 2 fully saturated rings. The topological polar surface area (TPSA) is 64.5 Å². The minimum absolute atomic E-state index is 0.174. The summed E-state index contributed by atoms with van der Waals surface area (Å²) >= 11 is 0. The van der Waals surface area contributed by atoms with Gasteiger partial charge in [-0.25, -0.2) is 9.97 Å². The number of hydrogen-bond acceptors (Lipinski definition) is 6. The van der Waals surface area contributed by atoms with Crippen LogP contribution < -0.4 is 15.1 Å². The number of para-hydroxylation sites is 1. The number of nitrogens with one attached hydrogen (secondary N) is 1. The third-order valence-corrected chi connectivity index (χ3v) is 5.68. The Labute approximate surface area is 161 Å². The Bertz CT molecular complexity index is 747. The minimum atomic E-state index is 0.174. The second-order valence-corrected chi connectivity index (χ2v) is 7.46. The van der Waals surface area contributed by atoms with E-state index in [-0.39, 0.29) is 12.6 Å². The largest absolute Gasteiger partial charge is 0.394 e. The van der Waals surface area contributed by atoms with E-state index >= 15 is 0 Å². The van der Waals surface area contributed by atoms with Crippen molar-refractivity contribution in [2.24, 2.45) is 0 Å². The highest BCUT2D eigenvalue weighted by atomic mass is 16.3. The normalized spacial score (nSPS) is 20.1. The molecule has 0 radical (unpaired) electrons. The third kappa shape index (κ3) is 4.16. The summed E-state index contributed by atoms with van der Waals surface area (Å²) in [6, 6.07) is 10.8. The molecule has 3 heterocycles. The van der Waals surface area contributed by atoms with Gasteiger partial charge in [-0.2, -0.15) is 0 Å².